The molecule has 0 rings (SSSR count). The molecule has 45 heavy (non-hydrogen) atoms. The minimum absolute atomic E-state index is 1.08. The maximum atomic E-state index is 2.38. The second-order valence-corrected chi connectivity index (χ2v) is 12.5. The normalized spacial score (nSPS) is 11.9. The highest BCUT2D eigenvalue weighted by Crippen LogP contribution is 2.08. The SMILES string of the molecule is CC/C=C/C/C=C/C/C=C/CCCCC.CCCCC/C=C/C/C=C/CCCCC.CCCCC/C=C/CCCCCCCC. The Balaban J connectivity index is -0.000000588. The van der Waals surface area contributed by atoms with E-state index in [0.29, 0.717) is 0 Å². The minimum atomic E-state index is 1.08. The van der Waals surface area contributed by atoms with Gasteiger partial charge >= 0.3 is 0 Å². The van der Waals surface area contributed by atoms with Crippen molar-refractivity contribution in [1.29, 1.82) is 0 Å². The monoisotopic (exact) mass is 625 g/mol. The predicted molar refractivity (Wildman–Crippen MR) is 214 cm³/mol. The van der Waals surface area contributed by atoms with Gasteiger partial charge in [0.2, 0.25) is 0 Å². The molecule has 264 valence electrons. The average molecular weight is 625 g/mol. The lowest BCUT2D eigenvalue weighted by atomic mass is 10.1. The highest BCUT2D eigenvalue weighted by Gasteiger charge is 1.88. The first-order valence-electron chi connectivity index (χ1n) is 20.1. The Hall–Kier alpha value is -1.56. The fraction of sp³-hybridized carbons (Fsp3) is 0.733. The Kier molecular flexibility index (Phi) is 55.3. The molecule has 0 radical (unpaired) electrons. The van der Waals surface area contributed by atoms with E-state index in [2.05, 4.69) is 114 Å². The molecule has 0 saturated heterocycles. The topological polar surface area (TPSA) is 0 Å². The third kappa shape index (κ3) is 58.5. The summed E-state index contributed by atoms with van der Waals surface area (Å²) in [5.74, 6) is 0. The molecule has 0 unspecified atom stereocenters. The summed E-state index contributed by atoms with van der Waals surface area (Å²) in [4.78, 5) is 0. The van der Waals surface area contributed by atoms with Gasteiger partial charge in [0.05, 0.1) is 0 Å². The van der Waals surface area contributed by atoms with Crippen molar-refractivity contribution in [3.8, 4) is 0 Å². The van der Waals surface area contributed by atoms with E-state index >= 15 is 0 Å². The lowest BCUT2D eigenvalue weighted by Crippen LogP contribution is -1.77. The summed E-state index contributed by atoms with van der Waals surface area (Å²) in [6.45, 7) is 13.5. The molecule has 0 aromatic heterocycles. The first-order valence-corrected chi connectivity index (χ1v) is 20.1. The van der Waals surface area contributed by atoms with E-state index in [9.17, 15) is 0 Å². The molecule has 0 amide bonds. The van der Waals surface area contributed by atoms with Gasteiger partial charge in [0, 0.05) is 0 Å². The number of hydrogen-bond donors (Lipinski definition) is 0. The van der Waals surface area contributed by atoms with Crippen LogP contribution in [0, 0.1) is 0 Å². The lowest BCUT2D eigenvalue weighted by molar-refractivity contribution is 0.611. The second-order valence-electron chi connectivity index (χ2n) is 12.5. The molecule has 0 atom stereocenters. The van der Waals surface area contributed by atoms with Crippen LogP contribution < -0.4 is 0 Å². The highest BCUT2D eigenvalue weighted by atomic mass is 13.9. The molecule has 0 heteroatoms. The lowest BCUT2D eigenvalue weighted by Gasteiger charge is -1.97. The smallest absolute Gasteiger partial charge is 0.0169 e. The number of unbranched alkanes of at least 4 members (excludes halogenated alkanes) is 18. The van der Waals surface area contributed by atoms with Gasteiger partial charge in [0.25, 0.3) is 0 Å². The van der Waals surface area contributed by atoms with Crippen molar-refractivity contribution in [1.82, 2.24) is 0 Å². The molecule has 0 spiro atoms. The van der Waals surface area contributed by atoms with Crippen molar-refractivity contribution in [3.05, 3.63) is 72.9 Å². The van der Waals surface area contributed by atoms with Crippen LogP contribution in [0.3, 0.4) is 0 Å². The maximum Gasteiger partial charge on any atom is -0.0169 e. The van der Waals surface area contributed by atoms with Crippen LogP contribution in [0.1, 0.15) is 215 Å². The molecule has 0 aliphatic heterocycles. The summed E-state index contributed by atoms with van der Waals surface area (Å²) in [6.07, 6.45) is 63.0. The Morgan fingerprint density at radius 1 is 0.222 bits per heavy atom. The summed E-state index contributed by atoms with van der Waals surface area (Å²) >= 11 is 0. The minimum Gasteiger partial charge on any atom is -0.0885 e. The van der Waals surface area contributed by atoms with E-state index in [-0.39, 0.29) is 0 Å². The van der Waals surface area contributed by atoms with Crippen LogP contribution in [0.2, 0.25) is 0 Å². The summed E-state index contributed by atoms with van der Waals surface area (Å²) in [5.41, 5.74) is 0. The first-order chi connectivity index (χ1) is 22.2. The summed E-state index contributed by atoms with van der Waals surface area (Å²) in [7, 11) is 0. The third-order valence-corrected chi connectivity index (χ3v) is 7.67. The Morgan fingerprint density at radius 3 is 0.778 bits per heavy atom. The van der Waals surface area contributed by atoms with Crippen molar-refractivity contribution < 1.29 is 0 Å². The number of rotatable bonds is 30. The van der Waals surface area contributed by atoms with Crippen molar-refractivity contribution in [2.45, 2.75) is 215 Å². The molecule has 0 aromatic carbocycles. The van der Waals surface area contributed by atoms with Crippen molar-refractivity contribution in [2.24, 2.45) is 0 Å². The largest absolute Gasteiger partial charge is 0.0885 e. The van der Waals surface area contributed by atoms with E-state index < -0.39 is 0 Å². The summed E-state index contributed by atoms with van der Waals surface area (Å²) < 4.78 is 0. The molecular weight excluding hydrogens is 540 g/mol. The Morgan fingerprint density at radius 2 is 0.444 bits per heavy atom. The van der Waals surface area contributed by atoms with Crippen LogP contribution >= 0.6 is 0 Å². The van der Waals surface area contributed by atoms with Gasteiger partial charge in [-0.1, -0.05) is 198 Å². The molecule has 0 aliphatic rings. The Labute approximate surface area is 287 Å². The van der Waals surface area contributed by atoms with Crippen LogP contribution in [-0.2, 0) is 0 Å². The zero-order valence-corrected chi connectivity index (χ0v) is 32.0. The van der Waals surface area contributed by atoms with Crippen LogP contribution in [0.5, 0.6) is 0 Å². The fourth-order valence-electron chi connectivity index (χ4n) is 4.66. The van der Waals surface area contributed by atoms with Gasteiger partial charge in [-0.25, -0.2) is 0 Å². The summed E-state index contributed by atoms with van der Waals surface area (Å²) in [5, 5.41) is 0. The van der Waals surface area contributed by atoms with Crippen LogP contribution in [0.4, 0.5) is 0 Å². The molecule has 0 aromatic rings. The molecule has 0 heterocycles. The quantitative estimate of drug-likeness (QED) is 0.0551. The van der Waals surface area contributed by atoms with Gasteiger partial charge in [-0.2, -0.15) is 0 Å². The second kappa shape index (κ2) is 52.0. The molecular formula is C45H84. The molecule has 0 N–H and O–H groups in total. The zero-order chi connectivity index (χ0) is 33.6. The molecule has 0 fully saturated rings. The van der Waals surface area contributed by atoms with Gasteiger partial charge in [-0.15, -0.1) is 0 Å². The predicted octanol–water partition coefficient (Wildman–Crippen LogP) is 16.9. The highest BCUT2D eigenvalue weighted by molar-refractivity contribution is 4.97. The third-order valence-electron chi connectivity index (χ3n) is 7.67. The molecule has 0 bridgehead atoms. The van der Waals surface area contributed by atoms with Gasteiger partial charge in [-0.05, 0) is 89.9 Å². The maximum absolute atomic E-state index is 2.38. The number of hydrogen-bond acceptors (Lipinski definition) is 0. The first kappa shape index (κ1) is 47.8. The van der Waals surface area contributed by atoms with Gasteiger partial charge in [-0.3, -0.25) is 0 Å². The number of allylic oxidation sites excluding steroid dienone is 12. The fourth-order valence-corrected chi connectivity index (χ4v) is 4.66. The van der Waals surface area contributed by atoms with Gasteiger partial charge in [0.15, 0.2) is 0 Å². The van der Waals surface area contributed by atoms with E-state index in [0.717, 1.165) is 25.7 Å². The zero-order valence-electron chi connectivity index (χ0n) is 32.0. The standard InChI is InChI=1S/C15H30.C15H28.C15H26/c3*1-3-5-7-9-11-13-15-14-12-10-8-6-4-2/h11,13H,3-10,12,14-15H2,1-2H3;11-14H,3-10,15H2,1-2H3;5,7,11-14H,3-4,6,8-10,15H2,1-2H3/b13-11+;13-11+,14-12+;7-5+,13-11+,14-12+. The van der Waals surface area contributed by atoms with Crippen LogP contribution in [-0.4, -0.2) is 0 Å². The van der Waals surface area contributed by atoms with E-state index in [4.69, 9.17) is 0 Å². The molecule has 0 aliphatic carbocycles. The van der Waals surface area contributed by atoms with Crippen LogP contribution in [0.15, 0.2) is 72.9 Å². The van der Waals surface area contributed by atoms with Crippen molar-refractivity contribution in [3.63, 3.8) is 0 Å². The van der Waals surface area contributed by atoms with Crippen molar-refractivity contribution in [2.75, 3.05) is 0 Å². The van der Waals surface area contributed by atoms with E-state index in [1.54, 1.807) is 0 Å². The van der Waals surface area contributed by atoms with Gasteiger partial charge in [0.1, 0.15) is 0 Å². The van der Waals surface area contributed by atoms with Crippen molar-refractivity contribution >= 4 is 0 Å². The van der Waals surface area contributed by atoms with E-state index in [1.807, 2.05) is 0 Å². The van der Waals surface area contributed by atoms with Gasteiger partial charge < -0.3 is 0 Å². The summed E-state index contributed by atoms with van der Waals surface area (Å²) in [6, 6.07) is 0. The molecule has 0 nitrogen and oxygen atoms in total. The molecule has 0 saturated carbocycles. The average Bonchev–Trinajstić information content (AvgIpc) is 3.06. The Bertz CT molecular complexity index is 623. The van der Waals surface area contributed by atoms with Crippen LogP contribution in [0.25, 0.3) is 0 Å². The van der Waals surface area contributed by atoms with E-state index in [1.165, 1.54) is 148 Å².